The molecular weight excluding hydrogens is 432 g/mol. The van der Waals surface area contributed by atoms with Crippen LogP contribution in [0.2, 0.25) is 0 Å². The maximum Gasteiger partial charge on any atom is 0.295 e. The van der Waals surface area contributed by atoms with Gasteiger partial charge in [0.15, 0.2) is 0 Å². The lowest BCUT2D eigenvalue weighted by Crippen LogP contribution is -2.35. The molecule has 1 unspecified atom stereocenters. The van der Waals surface area contributed by atoms with Gasteiger partial charge < -0.3 is 24.4 Å². The normalized spacial score (nSPS) is 17.4. The molecule has 2 aromatic carbocycles. The zero-order valence-corrected chi connectivity index (χ0v) is 20.4. The average molecular weight is 467 g/mol. The zero-order valence-electron chi connectivity index (χ0n) is 20.4. The standard InChI is InChI=1S/C27H34N2O5/c1-5-6-7-17-34-21-13-11-19(12-14-21)24-23(25(30)20-9-8-10-22(18-20)33-4)26(31)27(32)29(24)16-15-28(2)3/h8-14,18,24,30H,5-7,15-17H2,1-4H3/b25-23+. The number of hydrogen-bond donors (Lipinski definition) is 1. The van der Waals surface area contributed by atoms with Gasteiger partial charge >= 0.3 is 0 Å². The lowest BCUT2D eigenvalue weighted by molar-refractivity contribution is -0.140. The number of aliphatic hydroxyl groups excluding tert-OH is 1. The molecule has 34 heavy (non-hydrogen) atoms. The Labute approximate surface area is 201 Å². The number of benzene rings is 2. The van der Waals surface area contributed by atoms with Gasteiger partial charge in [-0.3, -0.25) is 9.59 Å². The third kappa shape index (κ3) is 5.78. The highest BCUT2D eigenvalue weighted by molar-refractivity contribution is 6.46. The first-order chi connectivity index (χ1) is 16.4. The summed E-state index contributed by atoms with van der Waals surface area (Å²) in [6, 6.07) is 13.5. The number of likely N-dealkylation sites (N-methyl/N-ethyl adjacent to an activating group) is 1. The van der Waals surface area contributed by atoms with Gasteiger partial charge in [0, 0.05) is 18.7 Å². The summed E-state index contributed by atoms with van der Waals surface area (Å²) in [7, 11) is 5.35. The van der Waals surface area contributed by atoms with E-state index in [0.29, 0.717) is 31.0 Å². The second kappa shape index (κ2) is 11.7. The molecule has 1 aliphatic rings. The molecule has 182 valence electrons. The summed E-state index contributed by atoms with van der Waals surface area (Å²) in [5, 5.41) is 11.2. The Morgan fingerprint density at radius 3 is 2.44 bits per heavy atom. The van der Waals surface area contributed by atoms with E-state index in [1.165, 1.54) is 12.0 Å². The molecule has 2 aromatic rings. The number of likely N-dealkylation sites (tertiary alicyclic amines) is 1. The van der Waals surface area contributed by atoms with Crippen LogP contribution in [0.15, 0.2) is 54.1 Å². The second-order valence-electron chi connectivity index (χ2n) is 8.65. The first kappa shape index (κ1) is 25.3. The minimum Gasteiger partial charge on any atom is -0.507 e. The summed E-state index contributed by atoms with van der Waals surface area (Å²) >= 11 is 0. The van der Waals surface area contributed by atoms with Crippen molar-refractivity contribution in [1.82, 2.24) is 9.80 Å². The second-order valence-corrected chi connectivity index (χ2v) is 8.65. The molecule has 1 atom stereocenters. The predicted molar refractivity (Wildman–Crippen MR) is 132 cm³/mol. The molecule has 1 aliphatic heterocycles. The van der Waals surface area contributed by atoms with E-state index in [1.807, 2.05) is 43.3 Å². The van der Waals surface area contributed by atoms with Gasteiger partial charge in [0.25, 0.3) is 11.7 Å². The van der Waals surface area contributed by atoms with Crippen molar-refractivity contribution in [3.63, 3.8) is 0 Å². The Bertz CT molecular complexity index is 1030. The number of amides is 1. The van der Waals surface area contributed by atoms with Crippen molar-refractivity contribution in [3.05, 3.63) is 65.2 Å². The molecule has 7 nitrogen and oxygen atoms in total. The van der Waals surface area contributed by atoms with Crippen LogP contribution in [0.5, 0.6) is 11.5 Å². The molecule has 0 radical (unpaired) electrons. The van der Waals surface area contributed by atoms with Crippen LogP contribution < -0.4 is 9.47 Å². The zero-order chi connectivity index (χ0) is 24.7. The largest absolute Gasteiger partial charge is 0.507 e. The van der Waals surface area contributed by atoms with Crippen molar-refractivity contribution >= 4 is 17.4 Å². The van der Waals surface area contributed by atoms with Crippen LogP contribution in [-0.2, 0) is 9.59 Å². The number of aliphatic hydroxyl groups is 1. The lowest BCUT2D eigenvalue weighted by Gasteiger charge is -2.26. The number of ketones is 1. The maximum atomic E-state index is 13.1. The van der Waals surface area contributed by atoms with Crippen LogP contribution in [0.3, 0.4) is 0 Å². The highest BCUT2D eigenvalue weighted by atomic mass is 16.5. The number of nitrogens with zero attached hydrogens (tertiary/aromatic N) is 2. The highest BCUT2D eigenvalue weighted by Gasteiger charge is 2.45. The van der Waals surface area contributed by atoms with Crippen LogP contribution in [0.1, 0.15) is 43.4 Å². The van der Waals surface area contributed by atoms with E-state index in [4.69, 9.17) is 9.47 Å². The molecule has 3 rings (SSSR count). The van der Waals surface area contributed by atoms with Gasteiger partial charge in [-0.25, -0.2) is 0 Å². The minimum atomic E-state index is -0.694. The molecule has 1 N–H and O–H groups in total. The molecule has 0 spiro atoms. The van der Waals surface area contributed by atoms with E-state index in [0.717, 1.165) is 30.6 Å². The predicted octanol–water partition coefficient (Wildman–Crippen LogP) is 4.25. The van der Waals surface area contributed by atoms with Crippen LogP contribution in [-0.4, -0.2) is 67.5 Å². The fourth-order valence-corrected chi connectivity index (χ4v) is 3.98. The van der Waals surface area contributed by atoms with E-state index in [2.05, 4.69) is 6.92 Å². The van der Waals surface area contributed by atoms with E-state index in [9.17, 15) is 14.7 Å². The van der Waals surface area contributed by atoms with Gasteiger partial charge in [0.1, 0.15) is 17.3 Å². The number of unbranched alkanes of at least 4 members (excludes halogenated alkanes) is 2. The fraction of sp³-hybridized carbons (Fsp3) is 0.407. The quantitative estimate of drug-likeness (QED) is 0.231. The van der Waals surface area contributed by atoms with Crippen molar-refractivity contribution in [2.45, 2.75) is 32.2 Å². The number of carbonyl (C=O) groups excluding carboxylic acids is 2. The third-order valence-electron chi connectivity index (χ3n) is 5.88. The maximum absolute atomic E-state index is 13.1. The molecule has 1 fully saturated rings. The number of Topliss-reactive ketones (excluding diaryl/α,β-unsaturated/α-hetero) is 1. The van der Waals surface area contributed by atoms with Crippen molar-refractivity contribution in [1.29, 1.82) is 0 Å². The van der Waals surface area contributed by atoms with E-state index in [1.54, 1.807) is 24.3 Å². The van der Waals surface area contributed by atoms with Gasteiger partial charge in [-0.05, 0) is 50.3 Å². The Morgan fingerprint density at radius 2 is 1.79 bits per heavy atom. The van der Waals surface area contributed by atoms with Crippen LogP contribution in [0.4, 0.5) is 0 Å². The fourth-order valence-electron chi connectivity index (χ4n) is 3.98. The van der Waals surface area contributed by atoms with Crippen molar-refractivity contribution in [2.24, 2.45) is 0 Å². The molecule has 0 bridgehead atoms. The third-order valence-corrected chi connectivity index (χ3v) is 5.88. The molecule has 1 heterocycles. The molecule has 0 saturated carbocycles. The van der Waals surface area contributed by atoms with Gasteiger partial charge in [0.2, 0.25) is 0 Å². The number of rotatable bonds is 11. The van der Waals surface area contributed by atoms with Crippen molar-refractivity contribution < 1.29 is 24.2 Å². The molecule has 0 aromatic heterocycles. The van der Waals surface area contributed by atoms with Gasteiger partial charge in [0.05, 0.1) is 25.3 Å². The Balaban J connectivity index is 2.00. The Hall–Kier alpha value is -3.32. The Kier molecular flexibility index (Phi) is 8.71. The number of hydrogen-bond acceptors (Lipinski definition) is 6. The van der Waals surface area contributed by atoms with E-state index < -0.39 is 17.7 Å². The van der Waals surface area contributed by atoms with Crippen LogP contribution >= 0.6 is 0 Å². The summed E-state index contributed by atoms with van der Waals surface area (Å²) in [5.41, 5.74) is 1.24. The molecule has 1 saturated heterocycles. The van der Waals surface area contributed by atoms with Crippen LogP contribution in [0.25, 0.3) is 5.76 Å². The summed E-state index contributed by atoms with van der Waals surface area (Å²) in [4.78, 5) is 29.6. The topological polar surface area (TPSA) is 79.3 Å². The summed E-state index contributed by atoms with van der Waals surface area (Å²) in [6.07, 6.45) is 3.23. The SMILES string of the molecule is CCCCCOc1ccc(C2/C(=C(\O)c3cccc(OC)c3)C(=O)C(=O)N2CCN(C)C)cc1. The van der Waals surface area contributed by atoms with E-state index in [-0.39, 0.29) is 11.3 Å². The number of methoxy groups -OCH3 is 1. The van der Waals surface area contributed by atoms with Gasteiger partial charge in [-0.15, -0.1) is 0 Å². The summed E-state index contributed by atoms with van der Waals surface area (Å²) in [6.45, 7) is 3.73. The number of ether oxygens (including phenoxy) is 2. The van der Waals surface area contributed by atoms with Crippen molar-refractivity contribution in [3.8, 4) is 11.5 Å². The monoisotopic (exact) mass is 466 g/mol. The lowest BCUT2D eigenvalue weighted by atomic mass is 9.95. The summed E-state index contributed by atoms with van der Waals surface area (Å²) in [5.74, 6) is -0.237. The molecule has 7 heteroatoms. The van der Waals surface area contributed by atoms with Gasteiger partial charge in [-0.1, -0.05) is 44.0 Å². The first-order valence-electron chi connectivity index (χ1n) is 11.7. The van der Waals surface area contributed by atoms with Crippen LogP contribution in [0, 0.1) is 0 Å². The molecular formula is C27H34N2O5. The van der Waals surface area contributed by atoms with E-state index >= 15 is 0 Å². The van der Waals surface area contributed by atoms with Crippen molar-refractivity contribution in [2.75, 3.05) is 40.9 Å². The Morgan fingerprint density at radius 1 is 1.06 bits per heavy atom. The average Bonchev–Trinajstić information content (AvgIpc) is 3.10. The number of carbonyl (C=O) groups is 2. The minimum absolute atomic E-state index is 0.0774. The van der Waals surface area contributed by atoms with Gasteiger partial charge in [-0.2, -0.15) is 0 Å². The summed E-state index contributed by atoms with van der Waals surface area (Å²) < 4.78 is 11.1. The highest BCUT2D eigenvalue weighted by Crippen LogP contribution is 2.40. The smallest absolute Gasteiger partial charge is 0.295 e. The molecule has 0 aliphatic carbocycles. The molecule has 1 amide bonds. The first-order valence-corrected chi connectivity index (χ1v) is 11.7.